The number of hydrogen-bond acceptors (Lipinski definition) is 3. The van der Waals surface area contributed by atoms with E-state index in [1.54, 1.807) is 0 Å². The molecule has 0 saturated heterocycles. The van der Waals surface area contributed by atoms with Gasteiger partial charge >= 0.3 is 0 Å². The number of rotatable bonds is 3. The lowest BCUT2D eigenvalue weighted by molar-refractivity contribution is 0.673. The van der Waals surface area contributed by atoms with Gasteiger partial charge in [-0.1, -0.05) is 146 Å². The van der Waals surface area contributed by atoms with Crippen LogP contribution in [0.4, 0.5) is 0 Å². The largest absolute Gasteiger partial charge is 0.455 e. The van der Waals surface area contributed by atoms with E-state index in [2.05, 4.69) is 185 Å². The average molecular weight is 727 g/mol. The molecule has 0 aliphatic carbocycles. The van der Waals surface area contributed by atoms with Crippen LogP contribution in [0.2, 0.25) is 0 Å². The van der Waals surface area contributed by atoms with Crippen molar-refractivity contribution >= 4 is 98.0 Å². The lowest BCUT2D eigenvalue weighted by atomic mass is 10.0. The Bertz CT molecular complexity index is 3810. The first-order chi connectivity index (χ1) is 28.3. The molecular formula is C52H30N4O. The van der Waals surface area contributed by atoms with Gasteiger partial charge in [0.05, 0.1) is 44.4 Å². The van der Waals surface area contributed by atoms with Gasteiger partial charge in [0, 0.05) is 48.7 Å². The molecule has 0 atom stereocenters. The fourth-order valence-electron chi connectivity index (χ4n) is 9.44. The number of fused-ring (bicyclic) bond motifs is 15. The van der Waals surface area contributed by atoms with Gasteiger partial charge in [0.15, 0.2) is 0 Å². The van der Waals surface area contributed by atoms with Crippen LogP contribution in [0, 0.1) is 0 Å². The third-order valence-corrected chi connectivity index (χ3v) is 11.9. The third kappa shape index (κ3) is 4.17. The minimum atomic E-state index is 0.607. The molecule has 0 spiro atoms. The van der Waals surface area contributed by atoms with E-state index < -0.39 is 0 Å². The summed E-state index contributed by atoms with van der Waals surface area (Å²) in [5.41, 5.74) is 9.93. The zero-order chi connectivity index (χ0) is 37.2. The lowest BCUT2D eigenvalue weighted by Gasteiger charge is -2.15. The summed E-state index contributed by atoms with van der Waals surface area (Å²) in [6.45, 7) is 0. The van der Waals surface area contributed by atoms with Crippen LogP contribution in [0.5, 0.6) is 0 Å². The van der Waals surface area contributed by atoms with Gasteiger partial charge in [-0.2, -0.15) is 0 Å². The predicted molar refractivity (Wildman–Crippen MR) is 236 cm³/mol. The van der Waals surface area contributed by atoms with E-state index in [1.807, 2.05) is 6.07 Å². The molecule has 9 aromatic carbocycles. The molecule has 5 nitrogen and oxygen atoms in total. The number of nitrogens with zero attached hydrogens (tertiary/aromatic N) is 4. The molecule has 0 N–H and O–H groups in total. The normalized spacial score (nSPS) is 12.2. The summed E-state index contributed by atoms with van der Waals surface area (Å²) in [7, 11) is 0. The maximum Gasteiger partial charge on any atom is 0.235 e. The first-order valence-electron chi connectivity index (χ1n) is 19.3. The van der Waals surface area contributed by atoms with Crippen molar-refractivity contribution in [3.8, 4) is 22.9 Å². The fraction of sp³-hybridized carbons (Fsp3) is 0. The Labute approximate surface area is 325 Å². The quantitative estimate of drug-likeness (QED) is 0.170. The van der Waals surface area contributed by atoms with Gasteiger partial charge in [-0.05, 0) is 47.2 Å². The van der Waals surface area contributed by atoms with E-state index in [-0.39, 0.29) is 0 Å². The maximum atomic E-state index is 6.83. The summed E-state index contributed by atoms with van der Waals surface area (Å²) in [6.07, 6.45) is 0. The average Bonchev–Trinajstić information content (AvgIpc) is 3.94. The minimum Gasteiger partial charge on any atom is -0.455 e. The monoisotopic (exact) mass is 726 g/mol. The van der Waals surface area contributed by atoms with Gasteiger partial charge in [0.2, 0.25) is 5.95 Å². The Morgan fingerprint density at radius 3 is 1.91 bits per heavy atom. The highest BCUT2D eigenvalue weighted by Crippen LogP contribution is 2.46. The van der Waals surface area contributed by atoms with Crippen LogP contribution < -0.4 is 0 Å². The molecule has 0 aliphatic rings. The molecule has 0 radical (unpaired) electrons. The fourth-order valence-corrected chi connectivity index (χ4v) is 9.44. The SMILES string of the molecule is c1ccc(-c2nc(-n3c4ccc5c6ccccc6oc5c4c4ccc5c6ccccc6n(-c6cccc7ccccc67)c5c43)nc3c2ccc2ccccc23)cc1. The standard InChI is InChI=1S/C52H30N4O/c1-2-15-33(16-3-1)47-41-26-25-32-14-5-7-19-35(32)48(41)54-52(53-47)56-44-30-29-39-37-21-9-11-24-45(37)57-51(39)46(44)40-28-27-38-36-20-8-10-22-43(36)55(49(38)50(40)56)42-23-12-17-31-13-4-6-18-34(31)42/h1-30H. The summed E-state index contributed by atoms with van der Waals surface area (Å²) < 4.78 is 11.6. The van der Waals surface area contributed by atoms with Gasteiger partial charge in [-0.3, -0.25) is 4.57 Å². The Hall–Kier alpha value is -7.76. The molecule has 5 heteroatoms. The summed E-state index contributed by atoms with van der Waals surface area (Å²) in [5.74, 6) is 0.607. The topological polar surface area (TPSA) is 48.8 Å². The first-order valence-corrected chi connectivity index (χ1v) is 19.3. The first kappa shape index (κ1) is 30.6. The summed E-state index contributed by atoms with van der Waals surface area (Å²) in [4.78, 5) is 11.1. The van der Waals surface area contributed by atoms with Gasteiger partial charge in [-0.25, -0.2) is 9.97 Å². The highest BCUT2D eigenvalue weighted by Gasteiger charge is 2.26. The zero-order valence-corrected chi connectivity index (χ0v) is 30.5. The zero-order valence-electron chi connectivity index (χ0n) is 30.5. The molecule has 13 rings (SSSR count). The second-order valence-electron chi connectivity index (χ2n) is 14.9. The van der Waals surface area contributed by atoms with Crippen LogP contribution in [0.3, 0.4) is 0 Å². The van der Waals surface area contributed by atoms with Crippen LogP contribution >= 0.6 is 0 Å². The number of furan rings is 1. The van der Waals surface area contributed by atoms with Gasteiger partial charge in [-0.15, -0.1) is 0 Å². The van der Waals surface area contributed by atoms with Crippen molar-refractivity contribution in [1.29, 1.82) is 0 Å². The molecule has 0 aliphatic heterocycles. The van der Waals surface area contributed by atoms with Crippen LogP contribution in [0.25, 0.3) is 121 Å². The van der Waals surface area contributed by atoms with Gasteiger partial charge < -0.3 is 8.98 Å². The van der Waals surface area contributed by atoms with Crippen molar-refractivity contribution in [2.75, 3.05) is 0 Å². The predicted octanol–water partition coefficient (Wildman–Crippen LogP) is 13.7. The van der Waals surface area contributed by atoms with Crippen LogP contribution in [-0.4, -0.2) is 19.1 Å². The molecule has 0 unspecified atom stereocenters. The molecule has 0 bridgehead atoms. The van der Waals surface area contributed by atoms with Crippen molar-refractivity contribution in [2.45, 2.75) is 0 Å². The smallest absolute Gasteiger partial charge is 0.235 e. The third-order valence-electron chi connectivity index (χ3n) is 11.9. The second-order valence-corrected chi connectivity index (χ2v) is 14.9. The molecule has 57 heavy (non-hydrogen) atoms. The molecule has 0 amide bonds. The number of para-hydroxylation sites is 2. The Balaban J connectivity index is 1.29. The molecule has 4 heterocycles. The van der Waals surface area contributed by atoms with E-state index >= 15 is 0 Å². The van der Waals surface area contributed by atoms with Crippen molar-refractivity contribution < 1.29 is 4.42 Å². The van der Waals surface area contributed by atoms with Crippen LogP contribution in [0.1, 0.15) is 0 Å². The highest BCUT2D eigenvalue weighted by atomic mass is 16.3. The van der Waals surface area contributed by atoms with Crippen molar-refractivity contribution in [3.05, 3.63) is 182 Å². The van der Waals surface area contributed by atoms with Gasteiger partial charge in [0.25, 0.3) is 0 Å². The number of hydrogen-bond donors (Lipinski definition) is 0. The molecular weight excluding hydrogens is 697 g/mol. The molecule has 0 saturated carbocycles. The van der Waals surface area contributed by atoms with Crippen molar-refractivity contribution in [2.24, 2.45) is 0 Å². The van der Waals surface area contributed by atoms with Crippen LogP contribution in [-0.2, 0) is 0 Å². The Morgan fingerprint density at radius 2 is 1.04 bits per heavy atom. The van der Waals surface area contributed by atoms with E-state index in [0.29, 0.717) is 5.95 Å². The van der Waals surface area contributed by atoms with Crippen molar-refractivity contribution in [3.63, 3.8) is 0 Å². The van der Waals surface area contributed by atoms with E-state index in [4.69, 9.17) is 14.4 Å². The van der Waals surface area contributed by atoms with Crippen molar-refractivity contribution in [1.82, 2.24) is 19.1 Å². The summed E-state index contributed by atoms with van der Waals surface area (Å²) >= 11 is 0. The number of aromatic nitrogens is 4. The van der Waals surface area contributed by atoms with E-state index in [0.717, 1.165) is 98.8 Å². The maximum absolute atomic E-state index is 6.83. The molecule has 264 valence electrons. The molecule has 13 aromatic rings. The summed E-state index contributed by atoms with van der Waals surface area (Å²) in [5, 5.41) is 12.3. The molecule has 0 fully saturated rings. The van der Waals surface area contributed by atoms with Crippen LogP contribution in [0.15, 0.2) is 186 Å². The molecule has 4 aromatic heterocycles. The van der Waals surface area contributed by atoms with E-state index in [9.17, 15) is 0 Å². The number of benzene rings is 9. The highest BCUT2D eigenvalue weighted by molar-refractivity contribution is 6.29. The second kappa shape index (κ2) is 11.4. The Morgan fingerprint density at radius 1 is 0.386 bits per heavy atom. The van der Waals surface area contributed by atoms with Gasteiger partial charge in [0.1, 0.15) is 11.2 Å². The lowest BCUT2D eigenvalue weighted by Crippen LogP contribution is -2.05. The van der Waals surface area contributed by atoms with E-state index in [1.165, 1.54) is 16.2 Å². The minimum absolute atomic E-state index is 0.607. The Kier molecular flexibility index (Phi) is 6.10. The summed E-state index contributed by atoms with van der Waals surface area (Å²) in [6, 6.07) is 64.6.